The number of hydrogen-bond acceptors (Lipinski definition) is 2. The lowest BCUT2D eigenvalue weighted by atomic mass is 9.44. The van der Waals surface area contributed by atoms with Crippen LogP contribution in [0.5, 0.6) is 0 Å². The van der Waals surface area contributed by atoms with Crippen molar-refractivity contribution in [3.8, 4) is 0 Å². The highest BCUT2D eigenvalue weighted by Gasteiger charge is 2.63. The van der Waals surface area contributed by atoms with Gasteiger partial charge in [0.1, 0.15) is 0 Å². The normalized spacial score (nSPS) is 29.8. The molecule has 1 aromatic carbocycles. The van der Waals surface area contributed by atoms with E-state index in [9.17, 15) is 9.59 Å². The van der Waals surface area contributed by atoms with Crippen molar-refractivity contribution in [2.24, 2.45) is 22.2 Å². The zero-order valence-electron chi connectivity index (χ0n) is 16.6. The smallest absolute Gasteiger partial charge is 0.210 e. The fourth-order valence-corrected chi connectivity index (χ4v) is 4.85. The van der Waals surface area contributed by atoms with Crippen molar-refractivity contribution in [2.75, 3.05) is 0 Å². The monoisotopic (exact) mass is 338 g/mol. The predicted molar refractivity (Wildman–Crippen MR) is 101 cm³/mol. The van der Waals surface area contributed by atoms with Gasteiger partial charge in [0, 0.05) is 11.8 Å². The van der Waals surface area contributed by atoms with E-state index in [1.54, 1.807) is 0 Å². The first-order chi connectivity index (χ1) is 11.4. The Morgan fingerprint density at radius 3 is 2.00 bits per heavy atom. The zero-order chi connectivity index (χ0) is 18.8. The summed E-state index contributed by atoms with van der Waals surface area (Å²) in [5.74, 6) is -0.557. The van der Waals surface area contributed by atoms with Crippen LogP contribution in [0.4, 0.5) is 0 Å². The molecule has 0 radical (unpaired) electrons. The molecule has 1 unspecified atom stereocenters. The molecule has 25 heavy (non-hydrogen) atoms. The Kier molecular flexibility index (Phi) is 3.91. The lowest BCUT2D eigenvalue weighted by Crippen LogP contribution is -2.59. The van der Waals surface area contributed by atoms with E-state index in [1.165, 1.54) is 11.1 Å². The van der Waals surface area contributed by atoms with E-state index in [1.807, 2.05) is 0 Å². The molecule has 2 heteroatoms. The SMILES string of the molecule is Cc1ccc([C@H]2CC3C(=O)C(=O)[C@]2(C(C)(C)C)C=C3C(C)(C)C)cc1. The molecule has 0 amide bonds. The molecule has 0 heterocycles. The van der Waals surface area contributed by atoms with E-state index < -0.39 is 5.41 Å². The van der Waals surface area contributed by atoms with Gasteiger partial charge in [0.05, 0.1) is 5.41 Å². The van der Waals surface area contributed by atoms with Gasteiger partial charge in [-0.15, -0.1) is 0 Å². The van der Waals surface area contributed by atoms with Crippen molar-refractivity contribution in [3.05, 3.63) is 47.0 Å². The van der Waals surface area contributed by atoms with Crippen LogP contribution in [-0.4, -0.2) is 11.6 Å². The number of ketones is 2. The van der Waals surface area contributed by atoms with Crippen LogP contribution in [0.2, 0.25) is 0 Å². The molecule has 0 aliphatic heterocycles. The average molecular weight is 338 g/mol. The Morgan fingerprint density at radius 2 is 1.52 bits per heavy atom. The molecule has 1 aromatic rings. The maximum atomic E-state index is 13.3. The predicted octanol–water partition coefficient (Wildman–Crippen LogP) is 5.26. The number of carbonyl (C=O) groups is 2. The molecule has 3 aliphatic rings. The maximum absolute atomic E-state index is 13.3. The van der Waals surface area contributed by atoms with E-state index in [4.69, 9.17) is 0 Å². The second-order valence-corrected chi connectivity index (χ2v) is 9.91. The van der Waals surface area contributed by atoms with Crippen molar-refractivity contribution in [2.45, 2.75) is 60.8 Å². The molecular formula is C23H30O2. The van der Waals surface area contributed by atoms with Crippen molar-refractivity contribution < 1.29 is 9.59 Å². The summed E-state index contributed by atoms with van der Waals surface area (Å²) in [7, 11) is 0. The first-order valence-corrected chi connectivity index (χ1v) is 9.28. The number of benzene rings is 1. The van der Waals surface area contributed by atoms with Crippen molar-refractivity contribution >= 4 is 11.6 Å². The third-order valence-electron chi connectivity index (χ3n) is 6.28. The Morgan fingerprint density at radius 1 is 0.960 bits per heavy atom. The summed E-state index contributed by atoms with van der Waals surface area (Å²) >= 11 is 0. The maximum Gasteiger partial charge on any atom is 0.210 e. The topological polar surface area (TPSA) is 34.1 Å². The minimum absolute atomic E-state index is 0.0643. The minimum Gasteiger partial charge on any atom is -0.290 e. The van der Waals surface area contributed by atoms with Crippen LogP contribution < -0.4 is 0 Å². The van der Waals surface area contributed by atoms with Crippen molar-refractivity contribution in [1.29, 1.82) is 0 Å². The van der Waals surface area contributed by atoms with Crippen LogP contribution in [-0.2, 0) is 9.59 Å². The Hall–Kier alpha value is -1.70. The number of fused-ring (bicyclic) bond motifs is 2. The summed E-state index contributed by atoms with van der Waals surface area (Å²) in [5, 5.41) is 0. The largest absolute Gasteiger partial charge is 0.290 e. The van der Waals surface area contributed by atoms with Gasteiger partial charge in [0.15, 0.2) is 0 Å². The molecule has 0 N–H and O–H groups in total. The minimum atomic E-state index is -0.753. The van der Waals surface area contributed by atoms with Crippen LogP contribution in [0.25, 0.3) is 0 Å². The standard InChI is InChI=1S/C23H30O2/c1-14-8-10-15(11-9-14)17-12-16-18(21(2,3)4)13-23(17,22(5,6)7)20(25)19(16)24/h8-11,13,16-17H,12H2,1-7H3/t16?,17-,23+/m1/s1. The summed E-state index contributed by atoms with van der Waals surface area (Å²) in [6.45, 7) is 14.8. The summed E-state index contributed by atoms with van der Waals surface area (Å²) in [6, 6.07) is 8.48. The van der Waals surface area contributed by atoms with Crippen LogP contribution >= 0.6 is 0 Å². The van der Waals surface area contributed by atoms with Crippen molar-refractivity contribution in [3.63, 3.8) is 0 Å². The molecule has 2 nitrogen and oxygen atoms in total. The van der Waals surface area contributed by atoms with Gasteiger partial charge in [-0.1, -0.05) is 83.0 Å². The van der Waals surface area contributed by atoms with E-state index >= 15 is 0 Å². The third kappa shape index (κ3) is 2.53. The summed E-state index contributed by atoms with van der Waals surface area (Å²) in [4.78, 5) is 26.2. The second kappa shape index (κ2) is 5.40. The van der Waals surface area contributed by atoms with Gasteiger partial charge in [-0.25, -0.2) is 0 Å². The summed E-state index contributed by atoms with van der Waals surface area (Å²) < 4.78 is 0. The third-order valence-corrected chi connectivity index (χ3v) is 6.28. The van der Waals surface area contributed by atoms with Crippen LogP contribution in [0.15, 0.2) is 35.9 Å². The van der Waals surface area contributed by atoms with E-state index in [0.717, 1.165) is 12.0 Å². The lowest BCUT2D eigenvalue weighted by molar-refractivity contribution is -0.153. The second-order valence-electron chi connectivity index (χ2n) is 9.91. The molecule has 4 rings (SSSR count). The van der Waals surface area contributed by atoms with Crippen LogP contribution in [0, 0.1) is 29.1 Å². The Labute approximate surface area is 151 Å². The molecule has 1 saturated carbocycles. The van der Waals surface area contributed by atoms with Crippen LogP contribution in [0.3, 0.4) is 0 Å². The zero-order valence-corrected chi connectivity index (χ0v) is 16.6. The number of hydrogen-bond donors (Lipinski definition) is 0. The molecule has 0 spiro atoms. The summed E-state index contributed by atoms with van der Waals surface area (Å²) in [6.07, 6.45) is 2.93. The first-order valence-electron chi connectivity index (χ1n) is 9.28. The van der Waals surface area contributed by atoms with Crippen molar-refractivity contribution in [1.82, 2.24) is 0 Å². The average Bonchev–Trinajstić information content (AvgIpc) is 2.50. The molecule has 0 saturated heterocycles. The van der Waals surface area contributed by atoms with Gasteiger partial charge in [-0.05, 0) is 29.7 Å². The fraction of sp³-hybridized carbons (Fsp3) is 0.565. The van der Waals surface area contributed by atoms with E-state index in [2.05, 4.69) is 78.8 Å². The van der Waals surface area contributed by atoms with Gasteiger partial charge in [0.2, 0.25) is 11.6 Å². The molecule has 1 fully saturated rings. The molecule has 3 atom stereocenters. The van der Waals surface area contributed by atoms with E-state index in [0.29, 0.717) is 0 Å². The molecule has 0 aromatic heterocycles. The number of allylic oxidation sites excluding steroid dienone is 2. The molecular weight excluding hydrogens is 308 g/mol. The Balaban J connectivity index is 2.27. The number of carbonyl (C=O) groups excluding carboxylic acids is 2. The number of rotatable bonds is 1. The Bertz CT molecular complexity index is 753. The quantitative estimate of drug-likeness (QED) is 0.517. The van der Waals surface area contributed by atoms with Gasteiger partial charge in [0.25, 0.3) is 0 Å². The van der Waals surface area contributed by atoms with Gasteiger partial charge < -0.3 is 0 Å². The van der Waals surface area contributed by atoms with Gasteiger partial charge >= 0.3 is 0 Å². The highest BCUT2D eigenvalue weighted by molar-refractivity contribution is 6.43. The molecule has 134 valence electrons. The fourth-order valence-electron chi connectivity index (χ4n) is 4.85. The van der Waals surface area contributed by atoms with Gasteiger partial charge in [-0.3, -0.25) is 9.59 Å². The van der Waals surface area contributed by atoms with E-state index in [-0.39, 0.29) is 34.2 Å². The highest BCUT2D eigenvalue weighted by Crippen LogP contribution is 2.63. The highest BCUT2D eigenvalue weighted by atomic mass is 16.2. The molecule has 3 aliphatic carbocycles. The van der Waals surface area contributed by atoms with Crippen LogP contribution in [0.1, 0.15) is 65.0 Å². The summed E-state index contributed by atoms with van der Waals surface area (Å²) in [5.41, 5.74) is 2.36. The number of aryl methyl sites for hydroxylation is 1. The van der Waals surface area contributed by atoms with Gasteiger partial charge in [-0.2, -0.15) is 0 Å². The lowest BCUT2D eigenvalue weighted by Gasteiger charge is -2.56. The first kappa shape index (κ1) is 18.1. The molecule has 2 bridgehead atoms. The number of Topliss-reactive ketones (excluding diaryl/α,β-unsaturated/α-hetero) is 2.